The monoisotopic (exact) mass is 400 g/mol. The molecule has 1 aliphatic heterocycles. The molecule has 0 aliphatic carbocycles. The third-order valence-corrected chi connectivity index (χ3v) is 6.45. The number of anilines is 2. The third kappa shape index (κ3) is 3.26. The van der Waals surface area contributed by atoms with Crippen molar-refractivity contribution in [2.45, 2.75) is 11.5 Å². The summed E-state index contributed by atoms with van der Waals surface area (Å²) in [5.41, 5.74) is 0.582. The van der Waals surface area contributed by atoms with Crippen LogP contribution in [-0.4, -0.2) is 48.3 Å². The molecule has 3 heterocycles. The molecule has 0 amide bonds. The van der Waals surface area contributed by atoms with Crippen molar-refractivity contribution >= 4 is 21.5 Å². The van der Waals surface area contributed by atoms with E-state index in [9.17, 15) is 8.42 Å². The fraction of sp³-hybridized carbons (Fsp3) is 0.278. The van der Waals surface area contributed by atoms with E-state index in [0.29, 0.717) is 36.2 Å². The van der Waals surface area contributed by atoms with Crippen molar-refractivity contribution < 1.29 is 13.2 Å². The zero-order chi connectivity index (χ0) is 19.7. The zero-order valence-electron chi connectivity index (χ0n) is 15.6. The molecule has 0 fully saturated rings. The number of aryl methyl sites for hydroxylation is 1. The minimum Gasteiger partial charge on any atom is -0.486 e. The van der Waals surface area contributed by atoms with Gasteiger partial charge in [0.2, 0.25) is 0 Å². The molecule has 0 N–H and O–H groups in total. The summed E-state index contributed by atoms with van der Waals surface area (Å²) in [4.78, 5) is 10.6. The van der Waals surface area contributed by atoms with Crippen molar-refractivity contribution in [3.05, 3.63) is 54.7 Å². The predicted octanol–water partition coefficient (Wildman–Crippen LogP) is 1.43. The molecule has 0 radical (unpaired) electrons. The molecule has 2 aromatic heterocycles. The Morgan fingerprint density at radius 3 is 2.57 bits per heavy atom. The lowest BCUT2D eigenvalue weighted by molar-refractivity contribution is 0.289. The summed E-state index contributed by atoms with van der Waals surface area (Å²) in [6, 6.07) is 9.90. The molecule has 0 unspecified atom stereocenters. The van der Waals surface area contributed by atoms with Gasteiger partial charge < -0.3 is 9.64 Å². The Labute approximate surface area is 163 Å². The molecule has 146 valence electrons. The highest BCUT2D eigenvalue weighted by atomic mass is 32.2. The van der Waals surface area contributed by atoms with Gasteiger partial charge in [0.05, 0.1) is 17.1 Å². The van der Waals surface area contributed by atoms with E-state index >= 15 is 0 Å². The molecule has 0 saturated carbocycles. The Morgan fingerprint density at radius 1 is 1.07 bits per heavy atom. The van der Waals surface area contributed by atoms with E-state index in [1.807, 2.05) is 11.9 Å². The van der Waals surface area contributed by atoms with Gasteiger partial charge in [0.15, 0.2) is 11.6 Å². The summed E-state index contributed by atoms with van der Waals surface area (Å²) >= 11 is 0. The second kappa shape index (κ2) is 7.12. The summed E-state index contributed by atoms with van der Waals surface area (Å²) in [5, 5.41) is 3.98. The van der Waals surface area contributed by atoms with Crippen molar-refractivity contribution in [3.8, 4) is 5.75 Å². The average molecular weight is 400 g/mol. The first-order valence-corrected chi connectivity index (χ1v) is 10.2. The number of aromatic nitrogens is 4. The van der Waals surface area contributed by atoms with Crippen LogP contribution in [0.2, 0.25) is 0 Å². The van der Waals surface area contributed by atoms with E-state index in [1.54, 1.807) is 54.3 Å². The highest BCUT2D eigenvalue weighted by Gasteiger charge is 2.31. The van der Waals surface area contributed by atoms with Crippen LogP contribution in [0.4, 0.5) is 11.5 Å². The fourth-order valence-corrected chi connectivity index (χ4v) is 4.49. The van der Waals surface area contributed by atoms with Gasteiger partial charge in [-0.1, -0.05) is 0 Å². The van der Waals surface area contributed by atoms with Gasteiger partial charge in [-0.15, -0.1) is 0 Å². The Bertz CT molecular complexity index is 1080. The van der Waals surface area contributed by atoms with Crippen LogP contribution in [0.5, 0.6) is 5.75 Å². The van der Waals surface area contributed by atoms with Gasteiger partial charge in [-0.05, 0) is 36.4 Å². The smallest absolute Gasteiger partial charge is 0.264 e. The lowest BCUT2D eigenvalue weighted by Gasteiger charge is -2.35. The van der Waals surface area contributed by atoms with Gasteiger partial charge in [0.25, 0.3) is 10.0 Å². The van der Waals surface area contributed by atoms with Crippen LogP contribution < -0.4 is 13.9 Å². The van der Waals surface area contributed by atoms with Crippen LogP contribution in [0.25, 0.3) is 0 Å². The molecule has 10 heteroatoms. The van der Waals surface area contributed by atoms with Crippen LogP contribution in [-0.2, 0) is 23.7 Å². The zero-order valence-corrected chi connectivity index (χ0v) is 16.4. The molecule has 0 atom stereocenters. The molecule has 0 saturated heterocycles. The van der Waals surface area contributed by atoms with Crippen LogP contribution >= 0.6 is 0 Å². The number of hydrogen-bond acceptors (Lipinski definition) is 7. The molecule has 1 aliphatic rings. The molecular weight excluding hydrogens is 380 g/mol. The normalized spacial score (nSPS) is 14.1. The summed E-state index contributed by atoms with van der Waals surface area (Å²) in [6.45, 7) is 1.18. The highest BCUT2D eigenvalue weighted by molar-refractivity contribution is 7.92. The van der Waals surface area contributed by atoms with Crippen LogP contribution in [0.15, 0.2) is 53.8 Å². The number of sulfonamides is 1. The van der Waals surface area contributed by atoms with Crippen LogP contribution in [0.3, 0.4) is 0 Å². The number of fused-ring (bicyclic) bond motifs is 1. The Balaban J connectivity index is 1.55. The summed E-state index contributed by atoms with van der Waals surface area (Å²) in [7, 11) is -0.0122. The molecule has 0 bridgehead atoms. The molecule has 28 heavy (non-hydrogen) atoms. The summed E-state index contributed by atoms with van der Waals surface area (Å²) in [6.07, 6.45) is 3.12. The highest BCUT2D eigenvalue weighted by Crippen LogP contribution is 2.34. The van der Waals surface area contributed by atoms with E-state index < -0.39 is 10.0 Å². The van der Waals surface area contributed by atoms with Crippen molar-refractivity contribution in [2.24, 2.45) is 7.05 Å². The maximum absolute atomic E-state index is 13.2. The van der Waals surface area contributed by atoms with E-state index in [0.717, 1.165) is 0 Å². The quantitative estimate of drug-likeness (QED) is 0.640. The number of nitrogens with zero attached hydrogens (tertiary/aromatic N) is 6. The number of hydrogen-bond donors (Lipinski definition) is 0. The van der Waals surface area contributed by atoms with Crippen molar-refractivity contribution in [1.29, 1.82) is 0 Å². The van der Waals surface area contributed by atoms with Crippen molar-refractivity contribution in [2.75, 3.05) is 29.3 Å². The van der Waals surface area contributed by atoms with Crippen LogP contribution in [0, 0.1) is 0 Å². The van der Waals surface area contributed by atoms with Gasteiger partial charge >= 0.3 is 0 Å². The second-order valence-corrected chi connectivity index (χ2v) is 8.27. The van der Waals surface area contributed by atoms with E-state index in [4.69, 9.17) is 4.74 Å². The third-order valence-electron chi connectivity index (χ3n) is 4.62. The number of rotatable bonds is 5. The summed E-state index contributed by atoms with van der Waals surface area (Å²) < 4.78 is 35.0. The first kappa shape index (κ1) is 18.2. The SMILES string of the molecule is CN1CCN(S(=O)(=O)c2ccc(OCc3ncnn3C)cc2)c2cccnc21. The topological polar surface area (TPSA) is 93.5 Å². The lowest BCUT2D eigenvalue weighted by Crippen LogP contribution is -2.43. The Kier molecular flexibility index (Phi) is 4.63. The maximum Gasteiger partial charge on any atom is 0.264 e. The first-order valence-electron chi connectivity index (χ1n) is 8.71. The minimum absolute atomic E-state index is 0.206. The Morgan fingerprint density at radius 2 is 1.86 bits per heavy atom. The average Bonchev–Trinajstić information content (AvgIpc) is 3.12. The molecule has 0 spiro atoms. The number of pyridine rings is 1. The standard InChI is InChI=1S/C18H20N6O3S/c1-22-10-11-24(16-4-3-9-19-18(16)22)28(25,26)15-7-5-14(6-8-15)27-12-17-20-13-21-23(17)2/h3-9,13H,10-12H2,1-2H3. The fourth-order valence-electron chi connectivity index (χ4n) is 3.03. The largest absolute Gasteiger partial charge is 0.486 e. The van der Waals surface area contributed by atoms with Gasteiger partial charge in [-0.2, -0.15) is 5.10 Å². The second-order valence-electron chi connectivity index (χ2n) is 6.40. The molecule has 4 rings (SSSR count). The van der Waals surface area contributed by atoms with Crippen LogP contribution in [0.1, 0.15) is 5.82 Å². The van der Waals surface area contributed by atoms with E-state index in [1.165, 1.54) is 10.6 Å². The lowest BCUT2D eigenvalue weighted by atomic mass is 10.3. The Hall–Kier alpha value is -3.14. The molecule has 1 aromatic carbocycles. The van der Waals surface area contributed by atoms with Gasteiger partial charge in [0.1, 0.15) is 18.7 Å². The van der Waals surface area contributed by atoms with Crippen molar-refractivity contribution in [1.82, 2.24) is 19.7 Å². The molecule has 9 nitrogen and oxygen atoms in total. The van der Waals surface area contributed by atoms with Gasteiger partial charge in [0, 0.05) is 26.8 Å². The van der Waals surface area contributed by atoms with Crippen molar-refractivity contribution in [3.63, 3.8) is 0 Å². The number of benzene rings is 1. The number of ether oxygens (including phenoxy) is 1. The maximum atomic E-state index is 13.2. The van der Waals surface area contributed by atoms with Gasteiger partial charge in [-0.3, -0.25) is 8.99 Å². The summed E-state index contributed by atoms with van der Waals surface area (Å²) in [5.74, 6) is 1.89. The van der Waals surface area contributed by atoms with E-state index in [-0.39, 0.29) is 11.5 Å². The molecule has 3 aromatic rings. The van der Waals surface area contributed by atoms with Gasteiger partial charge in [-0.25, -0.2) is 18.4 Å². The minimum atomic E-state index is -3.70. The first-order chi connectivity index (χ1) is 13.5. The number of likely N-dealkylation sites (N-methyl/N-ethyl adjacent to an activating group) is 1. The molecular formula is C18H20N6O3S. The van der Waals surface area contributed by atoms with E-state index in [2.05, 4.69) is 15.1 Å². The predicted molar refractivity (Wildman–Crippen MR) is 104 cm³/mol.